The van der Waals surface area contributed by atoms with Gasteiger partial charge in [-0.15, -0.1) is 11.3 Å². The van der Waals surface area contributed by atoms with E-state index in [0.717, 1.165) is 25.8 Å². The number of likely N-dealkylation sites (tertiary alicyclic amines) is 1. The molecule has 1 aromatic rings. The molecule has 2 rings (SSSR count). The summed E-state index contributed by atoms with van der Waals surface area (Å²) in [4.78, 5) is 18.6. The molecule has 0 aliphatic carbocycles. The Labute approximate surface area is 110 Å². The lowest BCUT2D eigenvalue weighted by Crippen LogP contribution is -2.51. The lowest BCUT2D eigenvalue weighted by molar-refractivity contribution is 0.0589. The number of carbonyl (C=O) groups is 1. The van der Waals surface area contributed by atoms with Crippen LogP contribution in [0.25, 0.3) is 0 Å². The Morgan fingerprint density at radius 2 is 2.47 bits per heavy atom. The van der Waals surface area contributed by atoms with Gasteiger partial charge in [-0.05, 0) is 26.2 Å². The molecule has 2 N–H and O–H groups in total. The van der Waals surface area contributed by atoms with E-state index >= 15 is 0 Å². The summed E-state index contributed by atoms with van der Waals surface area (Å²) in [6, 6.07) is 0.111. The van der Waals surface area contributed by atoms with Gasteiger partial charge in [0.2, 0.25) is 0 Å². The summed E-state index contributed by atoms with van der Waals surface area (Å²) >= 11 is 7.19. The molecule has 94 valence electrons. The molecule has 6 heteroatoms. The maximum Gasteiger partial charge on any atom is 0.267 e. The van der Waals surface area contributed by atoms with Gasteiger partial charge in [0.15, 0.2) is 5.15 Å². The molecule has 0 spiro atoms. The monoisotopic (exact) mass is 273 g/mol. The van der Waals surface area contributed by atoms with Crippen LogP contribution in [0, 0.1) is 0 Å². The van der Waals surface area contributed by atoms with Crippen LogP contribution in [0.2, 0.25) is 5.15 Å². The Morgan fingerprint density at radius 1 is 1.71 bits per heavy atom. The summed E-state index contributed by atoms with van der Waals surface area (Å²) in [5.41, 5.74) is 7.55. The quantitative estimate of drug-likeness (QED) is 0.898. The fraction of sp³-hybridized carbons (Fsp3) is 0.636. The Kier molecular flexibility index (Phi) is 4.01. The molecule has 1 fully saturated rings. The van der Waals surface area contributed by atoms with E-state index in [1.165, 1.54) is 11.3 Å². The first-order valence-electron chi connectivity index (χ1n) is 5.77. The second-order valence-corrected chi connectivity index (χ2v) is 5.61. The van der Waals surface area contributed by atoms with E-state index in [1.54, 1.807) is 5.51 Å². The summed E-state index contributed by atoms with van der Waals surface area (Å²) in [6.07, 6.45) is 3.14. The number of piperidine rings is 1. The molecule has 0 unspecified atom stereocenters. The molecule has 0 bridgehead atoms. The number of aromatic nitrogens is 1. The molecule has 2 atom stereocenters. The highest BCUT2D eigenvalue weighted by molar-refractivity contribution is 7.12. The number of nitrogens with two attached hydrogens (primary N) is 1. The van der Waals surface area contributed by atoms with Gasteiger partial charge >= 0.3 is 0 Å². The maximum atomic E-state index is 12.4. The number of rotatable bonds is 2. The van der Waals surface area contributed by atoms with Crippen LogP contribution < -0.4 is 5.73 Å². The molecule has 0 radical (unpaired) electrons. The number of hydrogen-bond acceptors (Lipinski definition) is 4. The van der Waals surface area contributed by atoms with Crippen molar-refractivity contribution < 1.29 is 4.79 Å². The second-order valence-electron chi connectivity index (χ2n) is 4.39. The number of halogens is 1. The third kappa shape index (κ3) is 2.61. The highest BCUT2D eigenvalue weighted by Gasteiger charge is 2.31. The van der Waals surface area contributed by atoms with Gasteiger partial charge in [0.1, 0.15) is 4.88 Å². The smallest absolute Gasteiger partial charge is 0.267 e. The van der Waals surface area contributed by atoms with Crippen molar-refractivity contribution in [1.29, 1.82) is 0 Å². The lowest BCUT2D eigenvalue weighted by Gasteiger charge is -2.37. The van der Waals surface area contributed by atoms with Gasteiger partial charge in [-0.25, -0.2) is 4.98 Å². The average molecular weight is 274 g/mol. The minimum Gasteiger partial charge on any atom is -0.333 e. The molecule has 1 amide bonds. The van der Waals surface area contributed by atoms with Crippen LogP contribution in [0.15, 0.2) is 5.51 Å². The van der Waals surface area contributed by atoms with Gasteiger partial charge in [-0.2, -0.15) is 0 Å². The second kappa shape index (κ2) is 5.33. The predicted molar refractivity (Wildman–Crippen MR) is 69.4 cm³/mol. The fourth-order valence-corrected chi connectivity index (χ4v) is 3.21. The first kappa shape index (κ1) is 12.8. The minimum absolute atomic E-state index is 0.00838. The Balaban J connectivity index is 2.20. The van der Waals surface area contributed by atoms with Crippen molar-refractivity contribution in [2.75, 3.05) is 6.54 Å². The van der Waals surface area contributed by atoms with E-state index in [1.807, 2.05) is 11.8 Å². The largest absolute Gasteiger partial charge is 0.333 e. The number of carbonyl (C=O) groups excluding carboxylic acids is 1. The van der Waals surface area contributed by atoms with Crippen LogP contribution in [0.3, 0.4) is 0 Å². The van der Waals surface area contributed by atoms with Crippen LogP contribution in [-0.2, 0) is 0 Å². The molecule has 17 heavy (non-hydrogen) atoms. The molecule has 4 nitrogen and oxygen atoms in total. The van der Waals surface area contributed by atoms with Gasteiger partial charge < -0.3 is 10.6 Å². The molecule has 1 aliphatic heterocycles. The van der Waals surface area contributed by atoms with Crippen LogP contribution in [0.5, 0.6) is 0 Å². The molecular formula is C11H16ClN3OS. The fourth-order valence-electron chi connectivity index (χ4n) is 2.26. The summed E-state index contributed by atoms with van der Waals surface area (Å²) in [5.74, 6) is -0.0282. The highest BCUT2D eigenvalue weighted by atomic mass is 35.5. The number of hydrogen-bond donors (Lipinski definition) is 1. The summed E-state index contributed by atoms with van der Waals surface area (Å²) in [7, 11) is 0. The van der Waals surface area contributed by atoms with Crippen molar-refractivity contribution in [3.05, 3.63) is 15.5 Å². The maximum absolute atomic E-state index is 12.4. The van der Waals surface area contributed by atoms with Crippen LogP contribution in [0.4, 0.5) is 0 Å². The van der Waals surface area contributed by atoms with E-state index in [9.17, 15) is 4.79 Å². The van der Waals surface area contributed by atoms with Gasteiger partial charge in [0, 0.05) is 18.6 Å². The first-order valence-corrected chi connectivity index (χ1v) is 7.02. The first-order chi connectivity index (χ1) is 8.11. The number of amides is 1. The zero-order chi connectivity index (χ0) is 12.4. The molecular weight excluding hydrogens is 258 g/mol. The summed E-state index contributed by atoms with van der Waals surface area (Å²) in [6.45, 7) is 2.71. The van der Waals surface area contributed by atoms with E-state index in [4.69, 9.17) is 17.3 Å². The predicted octanol–water partition coefficient (Wildman–Crippen LogP) is 2.14. The SMILES string of the molecule is C[C@@H](N)[C@@H]1CCCCN1C(=O)c1scnc1Cl. The standard InChI is InChI=1S/C11H16ClN3OS/c1-7(13)8-4-2-3-5-15(8)11(16)9-10(12)14-6-17-9/h6-8H,2-5,13H2,1H3/t7-,8+/m1/s1. The number of nitrogens with zero attached hydrogens (tertiary/aromatic N) is 2. The Hall–Kier alpha value is -0.650. The van der Waals surface area contributed by atoms with Crippen molar-refractivity contribution >= 4 is 28.8 Å². The molecule has 2 heterocycles. The molecule has 1 saturated heterocycles. The molecule has 1 aromatic heterocycles. The van der Waals surface area contributed by atoms with E-state index in [0.29, 0.717) is 10.0 Å². The van der Waals surface area contributed by atoms with E-state index in [-0.39, 0.29) is 18.0 Å². The van der Waals surface area contributed by atoms with Gasteiger partial charge in [0.25, 0.3) is 5.91 Å². The Morgan fingerprint density at radius 3 is 3.06 bits per heavy atom. The minimum atomic E-state index is -0.0282. The van der Waals surface area contributed by atoms with Gasteiger partial charge in [-0.1, -0.05) is 11.6 Å². The summed E-state index contributed by atoms with van der Waals surface area (Å²) < 4.78 is 0. The van der Waals surface area contributed by atoms with Crippen molar-refractivity contribution in [3.63, 3.8) is 0 Å². The van der Waals surface area contributed by atoms with Crippen molar-refractivity contribution in [2.45, 2.75) is 38.3 Å². The molecule has 0 aromatic carbocycles. The van der Waals surface area contributed by atoms with Gasteiger partial charge in [-0.3, -0.25) is 4.79 Å². The van der Waals surface area contributed by atoms with E-state index < -0.39 is 0 Å². The highest BCUT2D eigenvalue weighted by Crippen LogP contribution is 2.26. The zero-order valence-corrected chi connectivity index (χ0v) is 11.3. The lowest BCUT2D eigenvalue weighted by atomic mass is 9.97. The Bertz CT molecular complexity index is 407. The van der Waals surface area contributed by atoms with E-state index in [2.05, 4.69) is 4.98 Å². The topological polar surface area (TPSA) is 59.2 Å². The van der Waals surface area contributed by atoms with Gasteiger partial charge in [0.05, 0.1) is 5.51 Å². The van der Waals surface area contributed by atoms with Crippen molar-refractivity contribution in [1.82, 2.24) is 9.88 Å². The zero-order valence-electron chi connectivity index (χ0n) is 9.73. The normalized spacial score (nSPS) is 22.5. The third-order valence-electron chi connectivity index (χ3n) is 3.14. The summed E-state index contributed by atoms with van der Waals surface area (Å²) in [5, 5.41) is 0.300. The van der Waals surface area contributed by atoms with Crippen LogP contribution >= 0.6 is 22.9 Å². The number of thiazole rings is 1. The van der Waals surface area contributed by atoms with Crippen molar-refractivity contribution in [2.24, 2.45) is 5.73 Å². The third-order valence-corrected chi connectivity index (χ3v) is 4.35. The molecule has 0 saturated carbocycles. The average Bonchev–Trinajstić information content (AvgIpc) is 2.74. The van der Waals surface area contributed by atoms with Crippen molar-refractivity contribution in [3.8, 4) is 0 Å². The molecule has 1 aliphatic rings. The van der Waals surface area contributed by atoms with Crippen LogP contribution in [-0.4, -0.2) is 34.4 Å². The van der Waals surface area contributed by atoms with Crippen LogP contribution in [0.1, 0.15) is 35.9 Å².